The summed E-state index contributed by atoms with van der Waals surface area (Å²) in [5.74, 6) is -2.09. The van der Waals surface area contributed by atoms with Crippen molar-refractivity contribution < 1.29 is 18.3 Å². The standard InChI is InChI=1S/C21H21F2N3O2/c22-18-7-6-16(11-19(18)23)15-4-2-14(3-5-15)10-17(12-24)26-21(27)20-13-25-8-1-9-28-20/h2-7,11,17,20,25H,1,8-10,13H2,(H,26,27)/t17-,20?/m0/s1. The number of rotatable bonds is 5. The van der Waals surface area contributed by atoms with Crippen molar-refractivity contribution in [3.05, 3.63) is 59.7 Å². The molecule has 1 unspecified atom stereocenters. The molecule has 1 fully saturated rings. The van der Waals surface area contributed by atoms with E-state index in [4.69, 9.17) is 4.74 Å². The molecule has 0 saturated carbocycles. The summed E-state index contributed by atoms with van der Waals surface area (Å²) in [7, 11) is 0. The monoisotopic (exact) mass is 385 g/mol. The van der Waals surface area contributed by atoms with Gasteiger partial charge in [-0.3, -0.25) is 4.79 Å². The summed E-state index contributed by atoms with van der Waals surface area (Å²) in [4.78, 5) is 12.3. The van der Waals surface area contributed by atoms with Crippen LogP contribution in [0.3, 0.4) is 0 Å². The van der Waals surface area contributed by atoms with E-state index < -0.39 is 23.8 Å². The Balaban J connectivity index is 1.62. The SMILES string of the molecule is N#C[C@H](Cc1ccc(-c2ccc(F)c(F)c2)cc1)NC(=O)C1CNCCCO1. The second-order valence-corrected chi connectivity index (χ2v) is 6.64. The van der Waals surface area contributed by atoms with Crippen LogP contribution >= 0.6 is 0 Å². The van der Waals surface area contributed by atoms with Crippen LogP contribution in [0.2, 0.25) is 0 Å². The number of carbonyl (C=O) groups is 1. The first-order valence-corrected chi connectivity index (χ1v) is 9.13. The first kappa shape index (κ1) is 19.9. The summed E-state index contributed by atoms with van der Waals surface area (Å²) in [5, 5.41) is 15.2. The fourth-order valence-corrected chi connectivity index (χ4v) is 3.02. The molecular formula is C21H21F2N3O2. The molecule has 2 aromatic rings. The fraction of sp³-hybridized carbons (Fsp3) is 0.333. The largest absolute Gasteiger partial charge is 0.367 e. The highest BCUT2D eigenvalue weighted by Gasteiger charge is 2.23. The summed E-state index contributed by atoms with van der Waals surface area (Å²) >= 11 is 0. The third-order valence-corrected chi connectivity index (χ3v) is 4.56. The lowest BCUT2D eigenvalue weighted by molar-refractivity contribution is -0.132. The Bertz CT molecular complexity index is 857. The number of nitriles is 1. The minimum Gasteiger partial charge on any atom is -0.367 e. The molecule has 1 saturated heterocycles. The summed E-state index contributed by atoms with van der Waals surface area (Å²) in [6.07, 6.45) is 0.574. The van der Waals surface area contributed by atoms with Crippen LogP contribution in [0.4, 0.5) is 8.78 Å². The third kappa shape index (κ3) is 5.12. The number of halogens is 2. The molecule has 1 aliphatic rings. The number of benzene rings is 2. The quantitative estimate of drug-likeness (QED) is 0.830. The van der Waals surface area contributed by atoms with Gasteiger partial charge in [0.2, 0.25) is 0 Å². The van der Waals surface area contributed by atoms with Crippen LogP contribution in [0.25, 0.3) is 11.1 Å². The summed E-state index contributed by atoms with van der Waals surface area (Å²) in [6.45, 7) is 1.73. The van der Waals surface area contributed by atoms with Crippen LogP contribution in [0.5, 0.6) is 0 Å². The molecule has 2 atom stereocenters. The Morgan fingerprint density at radius 2 is 1.96 bits per heavy atom. The summed E-state index contributed by atoms with van der Waals surface area (Å²) < 4.78 is 32.0. The molecule has 5 nitrogen and oxygen atoms in total. The number of carbonyl (C=O) groups excluding carboxylic acids is 1. The maximum Gasteiger partial charge on any atom is 0.251 e. The second kappa shape index (κ2) is 9.40. The van der Waals surface area contributed by atoms with Gasteiger partial charge in [0.15, 0.2) is 11.6 Å². The van der Waals surface area contributed by atoms with E-state index in [9.17, 15) is 18.8 Å². The maximum atomic E-state index is 13.4. The van der Waals surface area contributed by atoms with E-state index >= 15 is 0 Å². The molecule has 2 N–H and O–H groups in total. The van der Waals surface area contributed by atoms with E-state index in [1.165, 1.54) is 6.07 Å². The number of hydrogen-bond donors (Lipinski definition) is 2. The predicted molar refractivity (Wildman–Crippen MR) is 100 cm³/mol. The van der Waals surface area contributed by atoms with Gasteiger partial charge in [0.05, 0.1) is 6.07 Å². The van der Waals surface area contributed by atoms with E-state index in [1.54, 1.807) is 24.3 Å². The van der Waals surface area contributed by atoms with E-state index in [0.29, 0.717) is 25.1 Å². The average Bonchev–Trinajstić information content (AvgIpc) is 3.00. The maximum absolute atomic E-state index is 13.4. The van der Waals surface area contributed by atoms with Gasteiger partial charge < -0.3 is 15.4 Å². The van der Waals surface area contributed by atoms with E-state index in [0.717, 1.165) is 36.2 Å². The minimum atomic E-state index is -0.899. The molecule has 1 aliphatic heterocycles. The Hall–Kier alpha value is -2.82. The minimum absolute atomic E-state index is 0.306. The first-order valence-electron chi connectivity index (χ1n) is 9.13. The normalized spacial score (nSPS) is 18.0. The molecule has 1 amide bonds. The van der Waals surface area contributed by atoms with E-state index in [2.05, 4.69) is 16.7 Å². The van der Waals surface area contributed by atoms with Crippen molar-refractivity contribution in [2.75, 3.05) is 19.7 Å². The highest BCUT2D eigenvalue weighted by atomic mass is 19.2. The molecule has 3 rings (SSSR count). The third-order valence-electron chi connectivity index (χ3n) is 4.56. The van der Waals surface area contributed by atoms with E-state index in [-0.39, 0.29) is 5.91 Å². The van der Waals surface area contributed by atoms with Crippen LogP contribution < -0.4 is 10.6 Å². The lowest BCUT2D eigenvalue weighted by Gasteiger charge is -2.18. The van der Waals surface area contributed by atoms with Crippen LogP contribution in [0.15, 0.2) is 42.5 Å². The van der Waals surface area contributed by atoms with Crippen LogP contribution in [-0.4, -0.2) is 37.7 Å². The molecule has 1 heterocycles. The van der Waals surface area contributed by atoms with Gasteiger partial charge in [-0.2, -0.15) is 5.26 Å². The van der Waals surface area contributed by atoms with Crippen molar-refractivity contribution in [3.8, 4) is 17.2 Å². The zero-order chi connectivity index (χ0) is 19.9. The fourth-order valence-electron chi connectivity index (χ4n) is 3.02. The number of ether oxygens (including phenoxy) is 1. The molecule has 0 radical (unpaired) electrons. The molecule has 0 aliphatic carbocycles. The van der Waals surface area contributed by atoms with Gasteiger partial charge >= 0.3 is 0 Å². The Morgan fingerprint density at radius 3 is 2.68 bits per heavy atom. The van der Waals surface area contributed by atoms with Crippen LogP contribution in [0, 0.1) is 23.0 Å². The molecular weight excluding hydrogens is 364 g/mol. The van der Waals surface area contributed by atoms with Crippen LogP contribution in [0.1, 0.15) is 12.0 Å². The Labute approximate surface area is 162 Å². The molecule has 2 aromatic carbocycles. The average molecular weight is 385 g/mol. The molecule has 7 heteroatoms. The molecule has 146 valence electrons. The van der Waals surface area contributed by atoms with Gasteiger partial charge in [0.1, 0.15) is 12.1 Å². The number of amides is 1. The molecule has 0 aromatic heterocycles. The van der Waals surface area contributed by atoms with Crippen molar-refractivity contribution >= 4 is 5.91 Å². The lowest BCUT2D eigenvalue weighted by atomic mass is 10.0. The van der Waals surface area contributed by atoms with Gasteiger partial charge in [0.25, 0.3) is 5.91 Å². The van der Waals surface area contributed by atoms with E-state index in [1.807, 2.05) is 0 Å². The van der Waals surface area contributed by atoms with Gasteiger partial charge in [-0.15, -0.1) is 0 Å². The summed E-state index contributed by atoms with van der Waals surface area (Å²) in [6, 6.07) is 12.3. The summed E-state index contributed by atoms with van der Waals surface area (Å²) in [5.41, 5.74) is 2.14. The van der Waals surface area contributed by atoms with Gasteiger partial charge in [-0.05, 0) is 41.8 Å². The van der Waals surface area contributed by atoms with Crippen molar-refractivity contribution in [2.45, 2.75) is 25.0 Å². The molecule has 0 bridgehead atoms. The van der Waals surface area contributed by atoms with Crippen molar-refractivity contribution in [2.24, 2.45) is 0 Å². The topological polar surface area (TPSA) is 74.2 Å². The smallest absolute Gasteiger partial charge is 0.251 e. The van der Waals surface area contributed by atoms with Gasteiger partial charge in [-0.1, -0.05) is 30.3 Å². The predicted octanol–water partition coefficient (Wildman–Crippen LogP) is 2.56. The highest BCUT2D eigenvalue weighted by molar-refractivity contribution is 5.81. The zero-order valence-electron chi connectivity index (χ0n) is 15.3. The molecule has 0 spiro atoms. The Kier molecular flexibility index (Phi) is 6.69. The van der Waals surface area contributed by atoms with Gasteiger partial charge in [0, 0.05) is 19.6 Å². The lowest BCUT2D eigenvalue weighted by Crippen LogP contribution is -2.46. The number of nitrogens with zero attached hydrogens (tertiary/aromatic N) is 1. The number of nitrogens with one attached hydrogen (secondary N) is 2. The first-order chi connectivity index (χ1) is 13.6. The highest BCUT2D eigenvalue weighted by Crippen LogP contribution is 2.22. The van der Waals surface area contributed by atoms with Crippen molar-refractivity contribution in [1.82, 2.24) is 10.6 Å². The number of hydrogen-bond acceptors (Lipinski definition) is 4. The Morgan fingerprint density at radius 1 is 1.21 bits per heavy atom. The van der Waals surface area contributed by atoms with Crippen molar-refractivity contribution in [3.63, 3.8) is 0 Å². The van der Waals surface area contributed by atoms with Gasteiger partial charge in [-0.25, -0.2) is 8.78 Å². The van der Waals surface area contributed by atoms with Crippen LogP contribution in [-0.2, 0) is 16.0 Å². The second-order valence-electron chi connectivity index (χ2n) is 6.64. The zero-order valence-corrected chi connectivity index (χ0v) is 15.3. The van der Waals surface area contributed by atoms with Crippen molar-refractivity contribution in [1.29, 1.82) is 5.26 Å². The molecule has 28 heavy (non-hydrogen) atoms.